The lowest BCUT2D eigenvalue weighted by molar-refractivity contribution is -0.141. The second-order valence-corrected chi connectivity index (χ2v) is 6.10. The van der Waals surface area contributed by atoms with Crippen LogP contribution in [-0.2, 0) is 9.59 Å². The molecule has 0 bridgehead atoms. The lowest BCUT2D eigenvalue weighted by Gasteiger charge is -2.38. The van der Waals surface area contributed by atoms with Crippen LogP contribution < -0.4 is 0 Å². The molecule has 0 aromatic carbocycles. The number of carboxylic acid groups (broad SMARTS) is 1. The summed E-state index contributed by atoms with van der Waals surface area (Å²) in [4.78, 5) is 25.1. The predicted molar refractivity (Wildman–Crippen MR) is 71.9 cm³/mol. The maximum Gasteiger partial charge on any atom is 0.319 e. The standard InChI is InChI=1S/C13H17NO4S/c1-8(2)6-14-10(15)7-19-12(13(16)17)11(14)9-4-3-5-18-9/h3-5,8,11-12H,6-7H2,1-2H3,(H,16,17). The molecule has 2 atom stereocenters. The van der Waals surface area contributed by atoms with Crippen molar-refractivity contribution in [2.45, 2.75) is 25.1 Å². The number of hydrogen-bond acceptors (Lipinski definition) is 4. The smallest absolute Gasteiger partial charge is 0.319 e. The summed E-state index contributed by atoms with van der Waals surface area (Å²) in [7, 11) is 0. The van der Waals surface area contributed by atoms with E-state index in [1.807, 2.05) is 13.8 Å². The third-order valence-corrected chi connectivity index (χ3v) is 4.20. The minimum absolute atomic E-state index is 0.0300. The van der Waals surface area contributed by atoms with Gasteiger partial charge in [0.2, 0.25) is 5.91 Å². The number of amides is 1. The van der Waals surface area contributed by atoms with Gasteiger partial charge in [-0.2, -0.15) is 0 Å². The lowest BCUT2D eigenvalue weighted by Crippen LogP contribution is -2.48. The van der Waals surface area contributed by atoms with E-state index in [1.54, 1.807) is 17.0 Å². The summed E-state index contributed by atoms with van der Waals surface area (Å²) in [5.74, 6) is 0.0822. The zero-order valence-corrected chi connectivity index (χ0v) is 11.7. The third-order valence-electron chi connectivity index (χ3n) is 2.97. The van der Waals surface area contributed by atoms with E-state index in [1.165, 1.54) is 18.0 Å². The van der Waals surface area contributed by atoms with Gasteiger partial charge in [0.05, 0.1) is 12.0 Å². The van der Waals surface area contributed by atoms with Crippen LogP contribution in [0.2, 0.25) is 0 Å². The van der Waals surface area contributed by atoms with E-state index in [-0.39, 0.29) is 17.6 Å². The molecule has 104 valence electrons. The molecule has 1 aromatic rings. The van der Waals surface area contributed by atoms with Gasteiger partial charge in [-0.3, -0.25) is 9.59 Å². The molecule has 1 aromatic heterocycles. The monoisotopic (exact) mass is 283 g/mol. The number of furan rings is 1. The Morgan fingerprint density at radius 1 is 1.63 bits per heavy atom. The van der Waals surface area contributed by atoms with Gasteiger partial charge in [0.15, 0.2) is 0 Å². The van der Waals surface area contributed by atoms with Crippen LogP contribution >= 0.6 is 11.8 Å². The molecule has 6 heteroatoms. The van der Waals surface area contributed by atoms with Crippen molar-refractivity contribution in [3.63, 3.8) is 0 Å². The Kier molecular flexibility index (Phi) is 4.19. The highest BCUT2D eigenvalue weighted by Crippen LogP contribution is 2.37. The van der Waals surface area contributed by atoms with Crippen LogP contribution in [0.4, 0.5) is 0 Å². The van der Waals surface area contributed by atoms with Crippen molar-refractivity contribution in [2.24, 2.45) is 5.92 Å². The second kappa shape index (κ2) is 5.69. The van der Waals surface area contributed by atoms with E-state index in [9.17, 15) is 14.7 Å². The maximum absolute atomic E-state index is 12.1. The van der Waals surface area contributed by atoms with Crippen LogP contribution in [0, 0.1) is 5.92 Å². The van der Waals surface area contributed by atoms with Crippen LogP contribution in [0.3, 0.4) is 0 Å². The summed E-state index contributed by atoms with van der Waals surface area (Å²) < 4.78 is 5.34. The number of carbonyl (C=O) groups excluding carboxylic acids is 1. The number of nitrogens with zero attached hydrogens (tertiary/aromatic N) is 1. The van der Waals surface area contributed by atoms with E-state index in [0.717, 1.165) is 0 Å². The summed E-state index contributed by atoms with van der Waals surface area (Å²) in [5, 5.41) is 8.67. The number of carboxylic acids is 1. The Morgan fingerprint density at radius 3 is 2.89 bits per heavy atom. The molecule has 0 radical (unpaired) electrons. The summed E-state index contributed by atoms with van der Waals surface area (Å²) >= 11 is 1.17. The first-order valence-electron chi connectivity index (χ1n) is 6.18. The van der Waals surface area contributed by atoms with Gasteiger partial charge in [0.1, 0.15) is 17.1 Å². The van der Waals surface area contributed by atoms with Gasteiger partial charge in [0.25, 0.3) is 0 Å². The molecule has 1 saturated heterocycles. The van der Waals surface area contributed by atoms with Crippen molar-refractivity contribution in [2.75, 3.05) is 12.3 Å². The van der Waals surface area contributed by atoms with E-state index < -0.39 is 17.3 Å². The zero-order valence-electron chi connectivity index (χ0n) is 10.9. The average Bonchev–Trinajstić information content (AvgIpc) is 2.84. The zero-order chi connectivity index (χ0) is 14.0. The number of carbonyl (C=O) groups is 2. The van der Waals surface area contributed by atoms with Gasteiger partial charge >= 0.3 is 5.97 Å². The normalized spacial score (nSPS) is 23.9. The number of rotatable bonds is 4. The Morgan fingerprint density at radius 2 is 2.37 bits per heavy atom. The fourth-order valence-corrected chi connectivity index (χ4v) is 3.33. The Hall–Kier alpha value is -1.43. The van der Waals surface area contributed by atoms with Crippen LogP contribution in [0.25, 0.3) is 0 Å². The molecule has 19 heavy (non-hydrogen) atoms. The first kappa shape index (κ1) is 14.0. The topological polar surface area (TPSA) is 70.8 Å². The van der Waals surface area contributed by atoms with E-state index in [4.69, 9.17) is 4.42 Å². The molecule has 2 rings (SSSR count). The molecular formula is C13H17NO4S. The van der Waals surface area contributed by atoms with Gasteiger partial charge in [-0.25, -0.2) is 0 Å². The van der Waals surface area contributed by atoms with Crippen molar-refractivity contribution in [1.82, 2.24) is 4.90 Å². The lowest BCUT2D eigenvalue weighted by atomic mass is 10.1. The molecule has 1 N–H and O–H groups in total. The Balaban J connectivity index is 2.35. The minimum atomic E-state index is -0.910. The molecule has 1 fully saturated rings. The SMILES string of the molecule is CC(C)CN1C(=O)CSC(C(=O)O)C1c1ccco1. The van der Waals surface area contributed by atoms with E-state index in [2.05, 4.69) is 0 Å². The fourth-order valence-electron chi connectivity index (χ4n) is 2.23. The number of aliphatic carboxylic acids is 1. The van der Waals surface area contributed by atoms with E-state index >= 15 is 0 Å². The molecule has 5 nitrogen and oxygen atoms in total. The molecule has 0 saturated carbocycles. The van der Waals surface area contributed by atoms with Gasteiger partial charge in [-0.1, -0.05) is 13.8 Å². The van der Waals surface area contributed by atoms with Gasteiger partial charge in [-0.15, -0.1) is 11.8 Å². The fraction of sp³-hybridized carbons (Fsp3) is 0.538. The van der Waals surface area contributed by atoms with Crippen molar-refractivity contribution in [3.8, 4) is 0 Å². The predicted octanol–water partition coefficient (Wildman–Crippen LogP) is 2.01. The molecule has 1 aliphatic rings. The summed E-state index contributed by atoms with van der Waals surface area (Å²) in [6, 6.07) is 2.92. The van der Waals surface area contributed by atoms with Crippen LogP contribution in [-0.4, -0.2) is 39.4 Å². The average molecular weight is 283 g/mol. The van der Waals surface area contributed by atoms with Crippen LogP contribution in [0.5, 0.6) is 0 Å². The van der Waals surface area contributed by atoms with Crippen LogP contribution in [0.15, 0.2) is 22.8 Å². The van der Waals surface area contributed by atoms with Crippen molar-refractivity contribution >= 4 is 23.6 Å². The van der Waals surface area contributed by atoms with Gasteiger partial charge in [0, 0.05) is 6.54 Å². The number of thioether (sulfide) groups is 1. The summed E-state index contributed by atoms with van der Waals surface area (Å²) in [6.07, 6.45) is 1.51. The van der Waals surface area contributed by atoms with Crippen molar-refractivity contribution in [3.05, 3.63) is 24.2 Å². The number of hydrogen-bond donors (Lipinski definition) is 1. The summed E-state index contributed by atoms with van der Waals surface area (Å²) in [6.45, 7) is 4.54. The highest BCUT2D eigenvalue weighted by atomic mass is 32.2. The molecule has 1 aliphatic heterocycles. The molecule has 2 heterocycles. The highest BCUT2D eigenvalue weighted by Gasteiger charge is 2.42. The van der Waals surface area contributed by atoms with Gasteiger partial charge < -0.3 is 14.4 Å². The quantitative estimate of drug-likeness (QED) is 0.915. The largest absolute Gasteiger partial charge is 0.480 e. The summed E-state index contributed by atoms with van der Waals surface area (Å²) in [5.41, 5.74) is 0. The van der Waals surface area contributed by atoms with E-state index in [0.29, 0.717) is 12.3 Å². The Labute approximate surface area is 116 Å². The first-order valence-corrected chi connectivity index (χ1v) is 7.23. The third kappa shape index (κ3) is 2.94. The highest BCUT2D eigenvalue weighted by molar-refractivity contribution is 8.01. The van der Waals surface area contributed by atoms with Crippen molar-refractivity contribution in [1.29, 1.82) is 0 Å². The maximum atomic E-state index is 12.1. The van der Waals surface area contributed by atoms with Crippen LogP contribution in [0.1, 0.15) is 25.6 Å². The minimum Gasteiger partial charge on any atom is -0.480 e. The second-order valence-electron chi connectivity index (χ2n) is 4.97. The molecule has 0 spiro atoms. The molecule has 1 amide bonds. The van der Waals surface area contributed by atoms with Crippen molar-refractivity contribution < 1.29 is 19.1 Å². The molecule has 0 aliphatic carbocycles. The van der Waals surface area contributed by atoms with Gasteiger partial charge in [-0.05, 0) is 18.1 Å². The molecule has 2 unspecified atom stereocenters. The molecular weight excluding hydrogens is 266 g/mol. The Bertz CT molecular complexity index is 457. The first-order chi connectivity index (χ1) is 9.00.